The molecule has 4 rings (SSSR count). The summed E-state index contributed by atoms with van der Waals surface area (Å²) >= 11 is 0. The molecular weight excluding hydrogens is 308 g/mol. The van der Waals surface area contributed by atoms with Crippen molar-refractivity contribution in [3.63, 3.8) is 0 Å². The zero-order valence-corrected chi connectivity index (χ0v) is 13.8. The molecule has 24 heavy (non-hydrogen) atoms. The van der Waals surface area contributed by atoms with E-state index in [0.29, 0.717) is 18.7 Å². The second kappa shape index (κ2) is 5.92. The number of amides is 1. The van der Waals surface area contributed by atoms with Gasteiger partial charge in [0, 0.05) is 31.6 Å². The van der Waals surface area contributed by atoms with Crippen molar-refractivity contribution in [3.05, 3.63) is 33.3 Å². The first-order valence-electron chi connectivity index (χ1n) is 8.63. The maximum atomic E-state index is 12.8. The zero-order chi connectivity index (χ0) is 16.7. The number of H-pyrrole nitrogens is 1. The lowest BCUT2D eigenvalue weighted by atomic mass is 9.95. The van der Waals surface area contributed by atoms with Gasteiger partial charge in [0.05, 0.1) is 5.69 Å². The summed E-state index contributed by atoms with van der Waals surface area (Å²) in [4.78, 5) is 24.5. The van der Waals surface area contributed by atoms with Crippen LogP contribution in [0, 0.1) is 0 Å². The van der Waals surface area contributed by atoms with Crippen molar-refractivity contribution in [1.29, 1.82) is 0 Å². The van der Waals surface area contributed by atoms with Gasteiger partial charge in [-0.1, -0.05) is 0 Å². The Morgan fingerprint density at radius 2 is 2.08 bits per heavy atom. The van der Waals surface area contributed by atoms with Crippen LogP contribution in [0.2, 0.25) is 0 Å². The van der Waals surface area contributed by atoms with Crippen molar-refractivity contribution in [2.75, 3.05) is 0 Å². The fraction of sp³-hybridized carbons (Fsp3) is 0.625. The third kappa shape index (κ3) is 2.55. The number of aromatic amines is 1. The molecule has 0 fully saturated rings. The summed E-state index contributed by atoms with van der Waals surface area (Å²) in [5.41, 5.74) is 2.71. The first-order chi connectivity index (χ1) is 11.6. The van der Waals surface area contributed by atoms with E-state index in [4.69, 9.17) is 0 Å². The smallest absolute Gasteiger partial charge is 0.343 e. The highest BCUT2D eigenvalue weighted by atomic mass is 16.2. The average Bonchev–Trinajstić information content (AvgIpc) is 3.01. The number of rotatable bonds is 2. The molecule has 128 valence electrons. The number of aromatic nitrogens is 5. The van der Waals surface area contributed by atoms with Gasteiger partial charge in [0.2, 0.25) is 0 Å². The van der Waals surface area contributed by atoms with Crippen molar-refractivity contribution < 1.29 is 4.79 Å². The number of carbonyl (C=O) groups excluding carboxylic acids is 1. The SMILES string of the molecule is Cn1nc2c(c1C(=O)NC1CCc3n[nH]c(=O)n3CC1)CCCC2. The van der Waals surface area contributed by atoms with Crippen LogP contribution in [0.5, 0.6) is 0 Å². The second-order valence-electron chi connectivity index (χ2n) is 6.70. The summed E-state index contributed by atoms with van der Waals surface area (Å²) in [6, 6.07) is 0.0488. The quantitative estimate of drug-likeness (QED) is 0.828. The Bertz CT molecular complexity index is 830. The van der Waals surface area contributed by atoms with Gasteiger partial charge in [-0.15, -0.1) is 0 Å². The van der Waals surface area contributed by atoms with E-state index in [0.717, 1.165) is 55.6 Å². The number of hydrogen-bond acceptors (Lipinski definition) is 4. The minimum atomic E-state index is -0.169. The molecule has 0 saturated heterocycles. The molecule has 2 N–H and O–H groups in total. The van der Waals surface area contributed by atoms with E-state index >= 15 is 0 Å². The monoisotopic (exact) mass is 330 g/mol. The van der Waals surface area contributed by atoms with Crippen LogP contribution in [0.25, 0.3) is 0 Å². The van der Waals surface area contributed by atoms with E-state index in [2.05, 4.69) is 20.6 Å². The third-order valence-corrected chi connectivity index (χ3v) is 5.12. The maximum absolute atomic E-state index is 12.8. The Balaban J connectivity index is 1.49. The van der Waals surface area contributed by atoms with E-state index in [1.807, 2.05) is 7.05 Å². The van der Waals surface area contributed by atoms with Gasteiger partial charge in [-0.05, 0) is 38.5 Å². The molecule has 8 heteroatoms. The highest BCUT2D eigenvalue weighted by molar-refractivity contribution is 5.94. The molecule has 2 aromatic heterocycles. The molecule has 0 bridgehead atoms. The average molecular weight is 330 g/mol. The second-order valence-corrected chi connectivity index (χ2v) is 6.70. The van der Waals surface area contributed by atoms with E-state index in [1.54, 1.807) is 9.25 Å². The van der Waals surface area contributed by atoms with Crippen molar-refractivity contribution in [2.45, 2.75) is 57.5 Å². The number of nitrogens with one attached hydrogen (secondary N) is 2. The van der Waals surface area contributed by atoms with E-state index < -0.39 is 0 Å². The predicted octanol–water partition coefficient (Wildman–Crippen LogP) is 0.319. The highest BCUT2D eigenvalue weighted by Gasteiger charge is 2.26. The lowest BCUT2D eigenvalue weighted by Crippen LogP contribution is -2.37. The Morgan fingerprint density at radius 1 is 1.25 bits per heavy atom. The highest BCUT2D eigenvalue weighted by Crippen LogP contribution is 2.24. The molecule has 3 heterocycles. The molecule has 1 aliphatic heterocycles. The fourth-order valence-corrected chi connectivity index (χ4v) is 3.87. The molecule has 2 aromatic rings. The molecule has 1 amide bonds. The number of hydrogen-bond donors (Lipinski definition) is 2. The van der Waals surface area contributed by atoms with Gasteiger partial charge in [-0.2, -0.15) is 10.2 Å². The summed E-state index contributed by atoms with van der Waals surface area (Å²) in [6.07, 6.45) is 6.37. The van der Waals surface area contributed by atoms with Crippen LogP contribution in [0.1, 0.15) is 53.3 Å². The Labute approximate surface area is 139 Å². The van der Waals surface area contributed by atoms with Crippen LogP contribution < -0.4 is 11.0 Å². The number of carbonyl (C=O) groups is 1. The lowest BCUT2D eigenvalue weighted by molar-refractivity contribution is 0.0922. The first-order valence-corrected chi connectivity index (χ1v) is 8.63. The minimum absolute atomic E-state index is 0.0488. The van der Waals surface area contributed by atoms with Gasteiger partial charge in [0.25, 0.3) is 5.91 Å². The first kappa shape index (κ1) is 15.2. The summed E-state index contributed by atoms with van der Waals surface area (Å²) in [6.45, 7) is 0.582. The van der Waals surface area contributed by atoms with Crippen molar-refractivity contribution in [2.24, 2.45) is 7.05 Å². The van der Waals surface area contributed by atoms with Crippen molar-refractivity contribution in [1.82, 2.24) is 29.9 Å². The van der Waals surface area contributed by atoms with Crippen LogP contribution in [-0.4, -0.2) is 36.5 Å². The fourth-order valence-electron chi connectivity index (χ4n) is 3.87. The third-order valence-electron chi connectivity index (χ3n) is 5.12. The molecule has 1 unspecified atom stereocenters. The van der Waals surface area contributed by atoms with E-state index in [1.165, 1.54) is 0 Å². The van der Waals surface area contributed by atoms with Gasteiger partial charge in [0.15, 0.2) is 0 Å². The van der Waals surface area contributed by atoms with Crippen LogP contribution in [0.4, 0.5) is 0 Å². The summed E-state index contributed by atoms with van der Waals surface area (Å²) < 4.78 is 3.38. The Morgan fingerprint density at radius 3 is 2.96 bits per heavy atom. The normalized spacial score (nSPS) is 20.1. The molecule has 1 atom stereocenters. The molecule has 0 radical (unpaired) electrons. The largest absolute Gasteiger partial charge is 0.348 e. The van der Waals surface area contributed by atoms with Crippen molar-refractivity contribution >= 4 is 5.91 Å². The van der Waals surface area contributed by atoms with E-state index in [-0.39, 0.29) is 17.6 Å². The van der Waals surface area contributed by atoms with Crippen LogP contribution >= 0.6 is 0 Å². The zero-order valence-electron chi connectivity index (χ0n) is 13.8. The number of aryl methyl sites for hydroxylation is 3. The molecular formula is C16H22N6O2. The standard InChI is InChI=1S/C16H22N6O2/c1-21-14(11-4-2-3-5-12(11)20-21)15(23)17-10-6-7-13-18-19-16(24)22(13)9-8-10/h10H,2-9H2,1H3,(H,17,23)(H,19,24). The van der Waals surface area contributed by atoms with Crippen LogP contribution in [-0.2, 0) is 32.9 Å². The van der Waals surface area contributed by atoms with Crippen LogP contribution in [0.15, 0.2) is 4.79 Å². The predicted molar refractivity (Wildman–Crippen MR) is 86.9 cm³/mol. The van der Waals surface area contributed by atoms with Crippen molar-refractivity contribution in [3.8, 4) is 0 Å². The summed E-state index contributed by atoms with van der Waals surface area (Å²) in [5.74, 6) is 0.723. The van der Waals surface area contributed by atoms with Gasteiger partial charge >= 0.3 is 5.69 Å². The van der Waals surface area contributed by atoms with Gasteiger partial charge in [-0.25, -0.2) is 9.89 Å². The number of fused-ring (bicyclic) bond motifs is 2. The van der Waals surface area contributed by atoms with Gasteiger partial charge in [-0.3, -0.25) is 14.0 Å². The topological polar surface area (TPSA) is 97.6 Å². The lowest BCUT2D eigenvalue weighted by Gasteiger charge is -2.17. The Kier molecular flexibility index (Phi) is 3.74. The minimum Gasteiger partial charge on any atom is -0.348 e. The summed E-state index contributed by atoms with van der Waals surface area (Å²) in [7, 11) is 1.84. The molecule has 8 nitrogen and oxygen atoms in total. The number of nitrogens with zero attached hydrogens (tertiary/aromatic N) is 4. The van der Waals surface area contributed by atoms with Crippen LogP contribution in [0.3, 0.4) is 0 Å². The Hall–Kier alpha value is -2.38. The molecule has 0 saturated carbocycles. The molecule has 0 spiro atoms. The molecule has 0 aromatic carbocycles. The van der Waals surface area contributed by atoms with Gasteiger partial charge < -0.3 is 5.32 Å². The maximum Gasteiger partial charge on any atom is 0.343 e. The molecule has 2 aliphatic rings. The molecule has 1 aliphatic carbocycles. The van der Waals surface area contributed by atoms with E-state index in [9.17, 15) is 9.59 Å². The van der Waals surface area contributed by atoms with Gasteiger partial charge in [0.1, 0.15) is 11.5 Å². The summed E-state index contributed by atoms with van der Waals surface area (Å²) in [5, 5.41) is 14.2.